The van der Waals surface area contributed by atoms with E-state index in [9.17, 15) is 4.79 Å². The summed E-state index contributed by atoms with van der Waals surface area (Å²) in [4.78, 5) is 11.4. The molecule has 3 heteroatoms. The topological polar surface area (TPSA) is 38.8 Å². The van der Waals surface area contributed by atoms with E-state index in [1.54, 1.807) is 13.0 Å². The molecule has 1 unspecified atom stereocenters. The minimum Gasteiger partial charge on any atom is -0.490 e. The van der Waals surface area contributed by atoms with E-state index in [4.69, 9.17) is 9.47 Å². The summed E-state index contributed by atoms with van der Waals surface area (Å²) < 4.78 is 10.7. The summed E-state index contributed by atoms with van der Waals surface area (Å²) in [5, 5.41) is 0. The fourth-order valence-electron chi connectivity index (χ4n) is 1.46. The molecule has 0 bridgehead atoms. The largest absolute Gasteiger partial charge is 0.490 e. The molecule has 0 saturated carbocycles. The summed E-state index contributed by atoms with van der Waals surface area (Å²) in [6.45, 7) is 4.79. The fraction of sp³-hybridized carbons (Fsp3) is 0.417. The standard InChI is InChI=1S/C12H14O3/c1-8-4-3-5-11(9(2)13)12(8)15-7-10-6-14-10/h3-5,10H,6-7H2,1-2H3. The van der Waals surface area contributed by atoms with Crippen molar-refractivity contribution >= 4 is 5.78 Å². The highest BCUT2D eigenvalue weighted by molar-refractivity contribution is 5.97. The molecule has 1 aliphatic heterocycles. The molecule has 1 atom stereocenters. The first-order valence-corrected chi connectivity index (χ1v) is 5.03. The van der Waals surface area contributed by atoms with Crippen LogP contribution in [0.4, 0.5) is 0 Å². The number of rotatable bonds is 4. The third-order valence-corrected chi connectivity index (χ3v) is 2.41. The SMILES string of the molecule is CC(=O)c1cccc(C)c1OCC1CO1. The summed E-state index contributed by atoms with van der Waals surface area (Å²) in [5.41, 5.74) is 1.64. The van der Waals surface area contributed by atoms with Gasteiger partial charge in [-0.25, -0.2) is 0 Å². The zero-order valence-electron chi connectivity index (χ0n) is 8.95. The number of hydrogen-bond acceptors (Lipinski definition) is 3. The highest BCUT2D eigenvalue weighted by Crippen LogP contribution is 2.25. The molecule has 2 rings (SSSR count). The molecule has 1 saturated heterocycles. The summed E-state index contributed by atoms with van der Waals surface area (Å²) in [6.07, 6.45) is 0.212. The van der Waals surface area contributed by atoms with Crippen molar-refractivity contribution in [1.82, 2.24) is 0 Å². The molecule has 0 aliphatic carbocycles. The van der Waals surface area contributed by atoms with Gasteiger partial charge in [-0.15, -0.1) is 0 Å². The lowest BCUT2D eigenvalue weighted by Gasteiger charge is -2.11. The number of ketones is 1. The highest BCUT2D eigenvalue weighted by Gasteiger charge is 2.24. The normalized spacial score (nSPS) is 18.7. The van der Waals surface area contributed by atoms with Crippen molar-refractivity contribution in [3.8, 4) is 5.75 Å². The Morgan fingerprint density at radius 2 is 2.33 bits per heavy atom. The van der Waals surface area contributed by atoms with Crippen LogP contribution in [0.25, 0.3) is 0 Å². The van der Waals surface area contributed by atoms with Crippen molar-refractivity contribution in [3.63, 3.8) is 0 Å². The third-order valence-electron chi connectivity index (χ3n) is 2.41. The van der Waals surface area contributed by atoms with Crippen LogP contribution >= 0.6 is 0 Å². The van der Waals surface area contributed by atoms with E-state index < -0.39 is 0 Å². The van der Waals surface area contributed by atoms with Gasteiger partial charge in [0.2, 0.25) is 0 Å². The van der Waals surface area contributed by atoms with E-state index in [-0.39, 0.29) is 11.9 Å². The molecule has 1 aliphatic rings. The van der Waals surface area contributed by atoms with Crippen molar-refractivity contribution in [3.05, 3.63) is 29.3 Å². The Bertz CT molecular complexity index is 380. The lowest BCUT2D eigenvalue weighted by Crippen LogP contribution is -2.08. The van der Waals surface area contributed by atoms with Crippen LogP contribution < -0.4 is 4.74 Å². The average Bonchev–Trinajstić information content (AvgIpc) is 2.99. The van der Waals surface area contributed by atoms with Crippen molar-refractivity contribution in [2.45, 2.75) is 20.0 Å². The van der Waals surface area contributed by atoms with Gasteiger partial charge in [-0.05, 0) is 25.5 Å². The maximum absolute atomic E-state index is 11.4. The number of carbonyl (C=O) groups is 1. The predicted molar refractivity (Wildman–Crippen MR) is 56.4 cm³/mol. The minimum atomic E-state index is 0.0328. The zero-order chi connectivity index (χ0) is 10.8. The number of benzene rings is 1. The summed E-state index contributed by atoms with van der Waals surface area (Å²) in [5.74, 6) is 0.728. The fourth-order valence-corrected chi connectivity index (χ4v) is 1.46. The van der Waals surface area contributed by atoms with Gasteiger partial charge in [-0.2, -0.15) is 0 Å². The van der Waals surface area contributed by atoms with E-state index in [2.05, 4.69) is 0 Å². The van der Waals surface area contributed by atoms with E-state index in [0.29, 0.717) is 17.9 Å². The average molecular weight is 206 g/mol. The zero-order valence-corrected chi connectivity index (χ0v) is 8.95. The molecule has 1 heterocycles. The van der Waals surface area contributed by atoms with Crippen LogP contribution in [-0.4, -0.2) is 25.1 Å². The Morgan fingerprint density at radius 3 is 2.93 bits per heavy atom. The van der Waals surface area contributed by atoms with Crippen molar-refractivity contribution < 1.29 is 14.3 Å². The lowest BCUT2D eigenvalue weighted by molar-refractivity contribution is 0.101. The van der Waals surface area contributed by atoms with E-state index in [1.807, 2.05) is 19.1 Å². The maximum Gasteiger partial charge on any atom is 0.163 e. The van der Waals surface area contributed by atoms with E-state index in [0.717, 1.165) is 12.2 Å². The van der Waals surface area contributed by atoms with Gasteiger partial charge in [0.15, 0.2) is 5.78 Å². The number of aryl methyl sites for hydroxylation is 1. The van der Waals surface area contributed by atoms with Crippen molar-refractivity contribution in [1.29, 1.82) is 0 Å². The predicted octanol–water partition coefficient (Wildman–Crippen LogP) is 1.98. The molecule has 0 amide bonds. The lowest BCUT2D eigenvalue weighted by atomic mass is 10.1. The smallest absolute Gasteiger partial charge is 0.163 e. The molecule has 0 aromatic heterocycles. The molecule has 3 nitrogen and oxygen atoms in total. The number of epoxide rings is 1. The molecular formula is C12H14O3. The van der Waals surface area contributed by atoms with Gasteiger partial charge in [0.25, 0.3) is 0 Å². The molecule has 15 heavy (non-hydrogen) atoms. The molecule has 80 valence electrons. The van der Waals surface area contributed by atoms with Crippen LogP contribution in [0.15, 0.2) is 18.2 Å². The molecule has 0 N–H and O–H groups in total. The van der Waals surface area contributed by atoms with Gasteiger partial charge < -0.3 is 9.47 Å². The minimum absolute atomic E-state index is 0.0328. The second kappa shape index (κ2) is 4.03. The first-order valence-electron chi connectivity index (χ1n) is 5.03. The third kappa shape index (κ3) is 2.36. The van der Waals surface area contributed by atoms with Crippen LogP contribution in [-0.2, 0) is 4.74 Å². The second-order valence-corrected chi connectivity index (χ2v) is 3.77. The van der Waals surface area contributed by atoms with Gasteiger partial charge in [-0.3, -0.25) is 4.79 Å². The number of ether oxygens (including phenoxy) is 2. The summed E-state index contributed by atoms with van der Waals surface area (Å²) >= 11 is 0. The van der Waals surface area contributed by atoms with Gasteiger partial charge in [0, 0.05) is 0 Å². The molecule has 1 aromatic rings. The van der Waals surface area contributed by atoms with Crippen LogP contribution in [0.1, 0.15) is 22.8 Å². The monoisotopic (exact) mass is 206 g/mol. The Balaban J connectivity index is 2.20. The number of hydrogen-bond donors (Lipinski definition) is 0. The molecule has 0 radical (unpaired) electrons. The van der Waals surface area contributed by atoms with E-state index >= 15 is 0 Å². The number of carbonyl (C=O) groups excluding carboxylic acids is 1. The Kier molecular flexibility index (Phi) is 2.73. The van der Waals surface area contributed by atoms with Crippen molar-refractivity contribution in [2.24, 2.45) is 0 Å². The van der Waals surface area contributed by atoms with Gasteiger partial charge in [-0.1, -0.05) is 12.1 Å². The first-order chi connectivity index (χ1) is 7.18. The highest BCUT2D eigenvalue weighted by atomic mass is 16.6. The van der Waals surface area contributed by atoms with Crippen molar-refractivity contribution in [2.75, 3.05) is 13.2 Å². The molecule has 1 aromatic carbocycles. The van der Waals surface area contributed by atoms with Crippen LogP contribution in [0, 0.1) is 6.92 Å². The maximum atomic E-state index is 11.4. The molecule has 1 fully saturated rings. The summed E-state index contributed by atoms with van der Waals surface area (Å²) in [6, 6.07) is 5.60. The second-order valence-electron chi connectivity index (χ2n) is 3.77. The Labute approximate surface area is 89.0 Å². The quantitative estimate of drug-likeness (QED) is 0.558. The number of Topliss-reactive ketones (excluding diaryl/α,β-unsaturated/α-hetero) is 1. The Hall–Kier alpha value is -1.35. The molecule has 0 spiro atoms. The summed E-state index contributed by atoms with van der Waals surface area (Å²) in [7, 11) is 0. The molecular weight excluding hydrogens is 192 g/mol. The van der Waals surface area contributed by atoms with Crippen LogP contribution in [0.5, 0.6) is 5.75 Å². The van der Waals surface area contributed by atoms with Gasteiger partial charge >= 0.3 is 0 Å². The van der Waals surface area contributed by atoms with Crippen LogP contribution in [0.2, 0.25) is 0 Å². The van der Waals surface area contributed by atoms with Crippen LogP contribution in [0.3, 0.4) is 0 Å². The van der Waals surface area contributed by atoms with E-state index in [1.165, 1.54) is 0 Å². The van der Waals surface area contributed by atoms with Gasteiger partial charge in [0.05, 0.1) is 12.2 Å². The van der Waals surface area contributed by atoms with Gasteiger partial charge in [0.1, 0.15) is 18.5 Å². The number of para-hydroxylation sites is 1. The Morgan fingerprint density at radius 1 is 1.60 bits per heavy atom. The first kappa shape index (κ1) is 10.2.